The highest BCUT2D eigenvalue weighted by atomic mass is 79.9. The largest absolute Gasteiger partial charge is 0.326 e. The summed E-state index contributed by atoms with van der Waals surface area (Å²) < 4.78 is 27.6. The van der Waals surface area contributed by atoms with Crippen molar-refractivity contribution in [1.29, 1.82) is 0 Å². The zero-order chi connectivity index (χ0) is 19.4. The van der Waals surface area contributed by atoms with Crippen molar-refractivity contribution in [2.75, 3.05) is 18.4 Å². The van der Waals surface area contributed by atoms with Crippen LogP contribution in [0.3, 0.4) is 0 Å². The summed E-state index contributed by atoms with van der Waals surface area (Å²) in [6.07, 6.45) is 2.74. The van der Waals surface area contributed by atoms with Crippen molar-refractivity contribution in [3.05, 3.63) is 58.1 Å². The summed E-state index contributed by atoms with van der Waals surface area (Å²) in [5.74, 6) is -0.0644. The van der Waals surface area contributed by atoms with Crippen LogP contribution in [0, 0.1) is 6.92 Å². The van der Waals surface area contributed by atoms with Crippen LogP contribution in [0.15, 0.2) is 51.8 Å². The van der Waals surface area contributed by atoms with Crippen LogP contribution < -0.4 is 5.32 Å². The van der Waals surface area contributed by atoms with E-state index < -0.39 is 10.0 Å². The molecule has 0 spiro atoms. The minimum absolute atomic E-state index is 0.0644. The molecule has 7 heteroatoms. The molecule has 0 atom stereocenters. The third-order valence-electron chi connectivity index (χ3n) is 4.71. The lowest BCUT2D eigenvalue weighted by atomic mass is 10.1. The monoisotopic (exact) mass is 450 g/mol. The van der Waals surface area contributed by atoms with E-state index >= 15 is 0 Å². The van der Waals surface area contributed by atoms with Gasteiger partial charge in [0.2, 0.25) is 15.9 Å². The molecule has 1 fully saturated rings. The second-order valence-electron chi connectivity index (χ2n) is 6.77. The molecule has 1 aliphatic rings. The molecular formula is C20H23BrN2O3S. The summed E-state index contributed by atoms with van der Waals surface area (Å²) >= 11 is 3.44. The maximum absolute atomic E-state index is 12.5. The number of sulfonamides is 1. The van der Waals surface area contributed by atoms with Gasteiger partial charge in [0.25, 0.3) is 0 Å². The fraction of sp³-hybridized carbons (Fsp3) is 0.350. The van der Waals surface area contributed by atoms with E-state index in [0.717, 1.165) is 34.1 Å². The minimum Gasteiger partial charge on any atom is -0.326 e. The van der Waals surface area contributed by atoms with Gasteiger partial charge in [-0.1, -0.05) is 28.1 Å². The number of anilines is 1. The van der Waals surface area contributed by atoms with E-state index in [4.69, 9.17) is 0 Å². The summed E-state index contributed by atoms with van der Waals surface area (Å²) in [7, 11) is -3.38. The molecule has 2 aromatic rings. The molecule has 0 radical (unpaired) electrons. The number of hydrogen-bond donors (Lipinski definition) is 1. The van der Waals surface area contributed by atoms with Gasteiger partial charge < -0.3 is 5.32 Å². The van der Waals surface area contributed by atoms with Gasteiger partial charge in [0.15, 0.2) is 0 Å². The minimum atomic E-state index is -3.38. The van der Waals surface area contributed by atoms with Gasteiger partial charge in [-0.3, -0.25) is 4.79 Å². The molecule has 0 unspecified atom stereocenters. The molecule has 1 aliphatic heterocycles. The molecule has 0 aliphatic carbocycles. The second-order valence-corrected chi connectivity index (χ2v) is 9.56. The lowest BCUT2D eigenvalue weighted by molar-refractivity contribution is -0.116. The number of benzene rings is 2. The Balaban J connectivity index is 1.56. The normalized spacial score (nSPS) is 15.0. The number of carbonyl (C=O) groups is 1. The number of amides is 1. The van der Waals surface area contributed by atoms with E-state index in [1.54, 1.807) is 24.3 Å². The molecule has 1 N–H and O–H groups in total. The van der Waals surface area contributed by atoms with Crippen molar-refractivity contribution in [1.82, 2.24) is 4.31 Å². The van der Waals surface area contributed by atoms with Gasteiger partial charge in [0.05, 0.1) is 4.90 Å². The van der Waals surface area contributed by atoms with E-state index in [1.807, 2.05) is 25.1 Å². The topological polar surface area (TPSA) is 66.5 Å². The van der Waals surface area contributed by atoms with E-state index in [1.165, 1.54) is 4.31 Å². The number of nitrogens with one attached hydrogen (secondary N) is 1. The van der Waals surface area contributed by atoms with Crippen molar-refractivity contribution in [2.45, 2.75) is 37.5 Å². The highest BCUT2D eigenvalue weighted by Gasteiger charge is 2.26. The molecule has 1 saturated heterocycles. The summed E-state index contributed by atoms with van der Waals surface area (Å²) in [6.45, 7) is 3.16. The third kappa shape index (κ3) is 4.97. The molecular weight excluding hydrogens is 428 g/mol. The Kier molecular flexibility index (Phi) is 6.34. The number of nitrogens with zero attached hydrogens (tertiary/aromatic N) is 1. The highest BCUT2D eigenvalue weighted by Crippen LogP contribution is 2.22. The molecule has 3 rings (SSSR count). The molecule has 144 valence electrons. The number of rotatable bonds is 6. The van der Waals surface area contributed by atoms with Gasteiger partial charge in [-0.05, 0) is 67.6 Å². The number of hydrogen-bond acceptors (Lipinski definition) is 3. The first-order valence-electron chi connectivity index (χ1n) is 9.01. The van der Waals surface area contributed by atoms with Gasteiger partial charge in [0.1, 0.15) is 0 Å². The van der Waals surface area contributed by atoms with Gasteiger partial charge in [0, 0.05) is 29.7 Å². The average Bonchev–Trinajstić information content (AvgIpc) is 3.19. The first-order chi connectivity index (χ1) is 12.9. The van der Waals surface area contributed by atoms with Crippen LogP contribution in [-0.2, 0) is 21.2 Å². The van der Waals surface area contributed by atoms with Crippen LogP contribution in [0.1, 0.15) is 30.4 Å². The lowest BCUT2D eigenvalue weighted by Gasteiger charge is -2.15. The molecule has 1 amide bonds. The molecule has 0 bridgehead atoms. The predicted molar refractivity (Wildman–Crippen MR) is 110 cm³/mol. The Morgan fingerprint density at radius 3 is 2.41 bits per heavy atom. The van der Waals surface area contributed by atoms with Crippen molar-refractivity contribution in [3.63, 3.8) is 0 Å². The zero-order valence-electron chi connectivity index (χ0n) is 15.2. The van der Waals surface area contributed by atoms with E-state index in [-0.39, 0.29) is 5.91 Å². The summed E-state index contributed by atoms with van der Waals surface area (Å²) in [4.78, 5) is 12.5. The van der Waals surface area contributed by atoms with Gasteiger partial charge >= 0.3 is 0 Å². The van der Waals surface area contributed by atoms with Crippen LogP contribution in [-0.4, -0.2) is 31.7 Å². The average molecular weight is 451 g/mol. The van der Waals surface area contributed by atoms with Crippen LogP contribution >= 0.6 is 15.9 Å². The lowest BCUT2D eigenvalue weighted by Crippen LogP contribution is -2.27. The Hall–Kier alpha value is -1.70. The maximum Gasteiger partial charge on any atom is 0.243 e. The third-order valence-corrected chi connectivity index (χ3v) is 7.51. The molecule has 27 heavy (non-hydrogen) atoms. The molecule has 1 heterocycles. The van der Waals surface area contributed by atoms with Crippen LogP contribution in [0.5, 0.6) is 0 Å². The second kappa shape index (κ2) is 8.54. The number of halogens is 1. The molecule has 2 aromatic carbocycles. The van der Waals surface area contributed by atoms with Gasteiger partial charge in [-0.25, -0.2) is 8.42 Å². The molecule has 0 aromatic heterocycles. The highest BCUT2D eigenvalue weighted by molar-refractivity contribution is 9.10. The first-order valence-corrected chi connectivity index (χ1v) is 11.2. The fourth-order valence-corrected chi connectivity index (χ4v) is 4.87. The SMILES string of the molecule is Cc1cc(NC(=O)CCc2ccc(S(=O)(=O)N3CCCC3)cc2)ccc1Br. The molecule has 5 nitrogen and oxygen atoms in total. The Bertz CT molecular complexity index is 921. The quantitative estimate of drug-likeness (QED) is 0.719. The number of carbonyl (C=O) groups excluding carboxylic acids is 1. The molecule has 0 saturated carbocycles. The Morgan fingerprint density at radius 1 is 1.11 bits per heavy atom. The standard InChI is InChI=1S/C20H23BrN2O3S/c1-15-14-17(7-10-19(15)21)22-20(24)11-6-16-4-8-18(9-5-16)27(25,26)23-12-2-3-13-23/h4-5,7-10,14H,2-3,6,11-13H2,1H3,(H,22,24). The first kappa shape index (κ1) is 20.0. The van der Waals surface area contributed by atoms with E-state index in [0.29, 0.717) is 30.8 Å². The smallest absolute Gasteiger partial charge is 0.243 e. The van der Waals surface area contributed by atoms with Crippen LogP contribution in [0.25, 0.3) is 0 Å². The summed E-state index contributed by atoms with van der Waals surface area (Å²) in [5.41, 5.74) is 2.77. The van der Waals surface area contributed by atoms with E-state index in [9.17, 15) is 13.2 Å². The summed E-state index contributed by atoms with van der Waals surface area (Å²) in [5, 5.41) is 2.89. The predicted octanol–water partition coefficient (Wildman–Crippen LogP) is 4.11. The van der Waals surface area contributed by atoms with Gasteiger partial charge in [-0.2, -0.15) is 4.31 Å². The van der Waals surface area contributed by atoms with E-state index in [2.05, 4.69) is 21.2 Å². The van der Waals surface area contributed by atoms with Crippen molar-refractivity contribution < 1.29 is 13.2 Å². The Labute approximate surface area is 169 Å². The fourth-order valence-electron chi connectivity index (χ4n) is 3.11. The van der Waals surface area contributed by atoms with Crippen molar-refractivity contribution in [2.24, 2.45) is 0 Å². The van der Waals surface area contributed by atoms with Crippen LogP contribution in [0.4, 0.5) is 5.69 Å². The zero-order valence-corrected chi connectivity index (χ0v) is 17.6. The van der Waals surface area contributed by atoms with Crippen LogP contribution in [0.2, 0.25) is 0 Å². The number of aryl methyl sites for hydroxylation is 2. The van der Waals surface area contributed by atoms with Crippen molar-refractivity contribution >= 4 is 37.5 Å². The summed E-state index contributed by atoms with van der Waals surface area (Å²) in [6, 6.07) is 12.5. The Morgan fingerprint density at radius 2 is 1.78 bits per heavy atom. The van der Waals surface area contributed by atoms with Gasteiger partial charge in [-0.15, -0.1) is 0 Å². The van der Waals surface area contributed by atoms with Crippen molar-refractivity contribution in [3.8, 4) is 0 Å². The maximum atomic E-state index is 12.5.